The Morgan fingerprint density at radius 2 is 1.69 bits per heavy atom. The van der Waals surface area contributed by atoms with Gasteiger partial charge in [-0.05, 0) is 113 Å². The molecule has 0 spiro atoms. The highest BCUT2D eigenvalue weighted by Gasteiger charge is 2.36. The van der Waals surface area contributed by atoms with Crippen molar-refractivity contribution in [3.63, 3.8) is 0 Å². The number of carbonyl (C=O) groups is 2. The van der Waals surface area contributed by atoms with Gasteiger partial charge in [0.15, 0.2) is 17.6 Å². The Balaban J connectivity index is 0.979. The molecule has 0 aliphatic carbocycles. The maximum absolute atomic E-state index is 14.3. The second-order valence-electron chi connectivity index (χ2n) is 15.3. The smallest absolute Gasteiger partial charge is 0.326 e. The monoisotopic (exact) mass is 858 g/mol. The minimum absolute atomic E-state index is 0.116. The van der Waals surface area contributed by atoms with Crippen LogP contribution in [0.2, 0.25) is 10.0 Å². The summed E-state index contributed by atoms with van der Waals surface area (Å²) >= 11 is 12.2. The summed E-state index contributed by atoms with van der Waals surface area (Å²) in [5.41, 5.74) is 9.33. The third-order valence-electron chi connectivity index (χ3n) is 11.2. The number of carbonyl (C=O) groups excluding carboxylic acids is 1. The minimum atomic E-state index is -1.15. The number of fused-ring (bicyclic) bond motifs is 2. The van der Waals surface area contributed by atoms with Crippen LogP contribution in [0.4, 0.5) is 0 Å². The van der Waals surface area contributed by atoms with Crippen LogP contribution in [0.3, 0.4) is 0 Å². The molecule has 2 aromatic heterocycles. The number of aryl methyl sites for hydroxylation is 1. The molecule has 312 valence electrons. The van der Waals surface area contributed by atoms with Gasteiger partial charge >= 0.3 is 5.97 Å². The number of rotatable bonds is 13. The summed E-state index contributed by atoms with van der Waals surface area (Å²) in [6.45, 7) is 5.33. The van der Waals surface area contributed by atoms with E-state index in [0.29, 0.717) is 65.0 Å². The van der Waals surface area contributed by atoms with Crippen molar-refractivity contribution in [3.8, 4) is 34.3 Å². The molecule has 61 heavy (non-hydrogen) atoms. The van der Waals surface area contributed by atoms with Crippen molar-refractivity contribution in [3.05, 3.63) is 164 Å². The maximum atomic E-state index is 14.3. The number of aliphatic carboxylic acids is 1. The van der Waals surface area contributed by atoms with Gasteiger partial charge in [0.2, 0.25) is 11.8 Å². The number of pyridine rings is 2. The number of halogens is 2. The first-order valence-electron chi connectivity index (χ1n) is 19.9. The van der Waals surface area contributed by atoms with Crippen molar-refractivity contribution in [2.75, 3.05) is 13.7 Å². The lowest BCUT2D eigenvalue weighted by atomic mass is 9.92. The van der Waals surface area contributed by atoms with Gasteiger partial charge < -0.3 is 29.4 Å². The quantitative estimate of drug-likeness (QED) is 0.116. The van der Waals surface area contributed by atoms with Crippen LogP contribution in [0, 0.1) is 13.8 Å². The molecule has 4 aromatic carbocycles. The van der Waals surface area contributed by atoms with Gasteiger partial charge in [0, 0.05) is 37.5 Å². The van der Waals surface area contributed by atoms with Gasteiger partial charge in [-0.1, -0.05) is 71.7 Å². The van der Waals surface area contributed by atoms with Crippen molar-refractivity contribution in [2.24, 2.45) is 0 Å². The first kappa shape index (κ1) is 41.6. The molecular formula is C48H44Cl2N4O7. The number of methoxy groups -OCH3 is 1. The molecule has 0 unspecified atom stereocenters. The van der Waals surface area contributed by atoms with Crippen LogP contribution in [0.25, 0.3) is 11.1 Å². The van der Waals surface area contributed by atoms with E-state index in [1.807, 2.05) is 104 Å². The number of hydrogen-bond acceptors (Lipinski definition) is 9. The Kier molecular flexibility index (Phi) is 12.4. The topological polar surface area (TPSA) is 132 Å². The standard InChI is InChI=1S/C48H44Cl2N4O7/c1-28-29(2)51-18-17-38(28)32-10-7-30(8-11-32)20-41(48(56)57)53-47(55)42-21-34-22-43-44(23-35(34)24-54(42)25-36-5-4-6-46(52-36)58-3)61-45(27-60-43)33-12-14-37(15-13-33)59-26-31-9-16-39(49)40(50)19-31/h4-19,22-23,41-42,45H,20-21,24-27H2,1-3H3,(H,53,55)(H,56,57)/t41-,42-,45+/m0/s1. The van der Waals surface area contributed by atoms with Gasteiger partial charge in [0.1, 0.15) is 25.0 Å². The largest absolute Gasteiger partial charge is 0.489 e. The highest BCUT2D eigenvalue weighted by atomic mass is 35.5. The average Bonchev–Trinajstić information content (AvgIpc) is 3.27. The van der Waals surface area contributed by atoms with E-state index in [1.165, 1.54) is 0 Å². The van der Waals surface area contributed by atoms with Gasteiger partial charge in [0.05, 0.1) is 28.9 Å². The predicted octanol–water partition coefficient (Wildman–Crippen LogP) is 8.91. The third-order valence-corrected chi connectivity index (χ3v) is 12.0. The molecular weight excluding hydrogens is 815 g/mol. The summed E-state index contributed by atoms with van der Waals surface area (Å²) < 4.78 is 24.2. The molecule has 3 atom stereocenters. The Hall–Kier alpha value is -6.14. The minimum Gasteiger partial charge on any atom is -0.489 e. The van der Waals surface area contributed by atoms with Crippen LogP contribution >= 0.6 is 23.2 Å². The summed E-state index contributed by atoms with van der Waals surface area (Å²) in [6.07, 6.45) is 1.86. The van der Waals surface area contributed by atoms with Crippen molar-refractivity contribution >= 4 is 35.1 Å². The van der Waals surface area contributed by atoms with Gasteiger partial charge in [0.25, 0.3) is 0 Å². The number of carboxylic acids is 1. The highest BCUT2D eigenvalue weighted by molar-refractivity contribution is 6.42. The summed E-state index contributed by atoms with van der Waals surface area (Å²) in [7, 11) is 1.56. The van der Waals surface area contributed by atoms with E-state index in [9.17, 15) is 14.7 Å². The fourth-order valence-electron chi connectivity index (χ4n) is 7.71. The molecule has 13 heteroatoms. The molecule has 4 heterocycles. The fourth-order valence-corrected chi connectivity index (χ4v) is 8.03. The van der Waals surface area contributed by atoms with Crippen LogP contribution < -0.4 is 24.3 Å². The molecule has 8 rings (SSSR count). The summed E-state index contributed by atoms with van der Waals surface area (Å²) in [5.74, 6) is 0.834. The Labute approximate surface area is 364 Å². The molecule has 0 bridgehead atoms. The summed E-state index contributed by atoms with van der Waals surface area (Å²) in [6, 6.07) is 30.4. The first-order valence-corrected chi connectivity index (χ1v) is 20.7. The van der Waals surface area contributed by atoms with Crippen molar-refractivity contribution in [2.45, 2.75) is 64.6 Å². The molecule has 2 aliphatic rings. The number of benzene rings is 4. The van der Waals surface area contributed by atoms with Crippen LogP contribution in [0.5, 0.6) is 23.1 Å². The van der Waals surface area contributed by atoms with Crippen molar-refractivity contribution in [1.29, 1.82) is 0 Å². The number of nitrogens with one attached hydrogen (secondary N) is 1. The maximum Gasteiger partial charge on any atom is 0.326 e. The highest BCUT2D eigenvalue weighted by Crippen LogP contribution is 2.41. The lowest BCUT2D eigenvalue weighted by molar-refractivity contribution is -0.142. The fraction of sp³-hybridized carbons (Fsp3) is 0.250. The van der Waals surface area contributed by atoms with Crippen LogP contribution in [0.15, 0.2) is 109 Å². The van der Waals surface area contributed by atoms with Crippen molar-refractivity contribution < 1.29 is 33.6 Å². The van der Waals surface area contributed by atoms with E-state index in [-0.39, 0.29) is 25.0 Å². The Morgan fingerprint density at radius 1 is 0.918 bits per heavy atom. The SMILES string of the molecule is COc1cccc(CN2Cc3cc4c(cc3C[C@H]2C(=O)N[C@@H](Cc2ccc(-c3ccnc(C)c3C)cc2)C(=O)O)OC[C@H](c2ccc(OCc3ccc(Cl)c(Cl)c3)cc2)O4)n1. The van der Waals surface area contributed by atoms with Crippen LogP contribution in [-0.4, -0.2) is 57.7 Å². The number of ether oxygens (including phenoxy) is 4. The number of hydrogen-bond donors (Lipinski definition) is 2. The summed E-state index contributed by atoms with van der Waals surface area (Å²) in [4.78, 5) is 37.9. The molecule has 0 saturated carbocycles. The van der Waals surface area contributed by atoms with Crippen molar-refractivity contribution in [1.82, 2.24) is 20.2 Å². The van der Waals surface area contributed by atoms with Gasteiger partial charge in [-0.3, -0.25) is 14.7 Å². The van der Waals surface area contributed by atoms with E-state index < -0.39 is 18.1 Å². The lowest BCUT2D eigenvalue weighted by Gasteiger charge is -2.37. The molecule has 0 radical (unpaired) electrons. The zero-order valence-corrected chi connectivity index (χ0v) is 35.4. The average molecular weight is 860 g/mol. The van der Waals surface area contributed by atoms with E-state index in [4.69, 9.17) is 42.1 Å². The summed E-state index contributed by atoms with van der Waals surface area (Å²) in [5, 5.41) is 14.2. The van der Waals surface area contributed by atoms with Gasteiger partial charge in [-0.2, -0.15) is 0 Å². The number of carboxylic acid groups (broad SMARTS) is 1. The predicted molar refractivity (Wildman–Crippen MR) is 232 cm³/mol. The lowest BCUT2D eigenvalue weighted by Crippen LogP contribution is -2.54. The second kappa shape index (κ2) is 18.2. The zero-order chi connectivity index (χ0) is 42.6. The zero-order valence-electron chi connectivity index (χ0n) is 33.9. The Bertz CT molecular complexity index is 2570. The van der Waals surface area contributed by atoms with Crippen LogP contribution in [-0.2, 0) is 42.1 Å². The molecule has 2 aliphatic heterocycles. The van der Waals surface area contributed by atoms with E-state index in [1.54, 1.807) is 31.5 Å². The van der Waals surface area contributed by atoms with E-state index >= 15 is 0 Å². The second-order valence-corrected chi connectivity index (χ2v) is 16.1. The third kappa shape index (κ3) is 9.60. The number of amides is 1. The molecule has 11 nitrogen and oxygen atoms in total. The Morgan fingerprint density at radius 3 is 2.44 bits per heavy atom. The molecule has 0 fully saturated rings. The normalized spacial score (nSPS) is 16.3. The van der Waals surface area contributed by atoms with E-state index in [0.717, 1.165) is 50.2 Å². The first-order chi connectivity index (χ1) is 29.5. The van der Waals surface area contributed by atoms with Gasteiger partial charge in [-0.15, -0.1) is 0 Å². The van der Waals surface area contributed by atoms with Crippen LogP contribution in [0.1, 0.15) is 50.9 Å². The molecule has 2 N–H and O–H groups in total. The van der Waals surface area contributed by atoms with E-state index in [2.05, 4.69) is 15.3 Å². The number of nitrogens with zero attached hydrogens (tertiary/aromatic N) is 3. The van der Waals surface area contributed by atoms with Gasteiger partial charge in [-0.25, -0.2) is 9.78 Å². The number of aromatic nitrogens is 2. The molecule has 0 saturated heterocycles. The molecule has 1 amide bonds. The molecule has 6 aromatic rings.